The van der Waals surface area contributed by atoms with Gasteiger partial charge in [-0.1, -0.05) is 34.1 Å². The van der Waals surface area contributed by atoms with Crippen LogP contribution >= 0.6 is 0 Å². The Hall–Kier alpha value is -3.57. The van der Waals surface area contributed by atoms with Gasteiger partial charge in [0.15, 0.2) is 5.69 Å². The number of rotatable bonds is 3. The second kappa shape index (κ2) is 12.1. The number of halogens is 2. The van der Waals surface area contributed by atoms with Crippen LogP contribution in [0.3, 0.4) is 0 Å². The highest BCUT2D eigenvalue weighted by molar-refractivity contribution is 5.89. The van der Waals surface area contributed by atoms with E-state index in [1.807, 2.05) is 20.8 Å². The van der Waals surface area contributed by atoms with E-state index in [0.717, 1.165) is 0 Å². The van der Waals surface area contributed by atoms with Crippen LogP contribution in [-0.4, -0.2) is 69.7 Å². The molecule has 1 saturated carbocycles. The summed E-state index contributed by atoms with van der Waals surface area (Å²) in [5.41, 5.74) is -0.791. The molecule has 0 radical (unpaired) electrons. The van der Waals surface area contributed by atoms with E-state index in [-0.39, 0.29) is 48.9 Å². The number of benzene rings is 1. The van der Waals surface area contributed by atoms with Gasteiger partial charge in [-0.05, 0) is 49.1 Å². The number of hydrogen-bond donors (Lipinski definition) is 1. The monoisotopic (exact) mass is 617 g/mol. The van der Waals surface area contributed by atoms with Crippen molar-refractivity contribution in [3.8, 4) is 11.6 Å². The zero-order chi connectivity index (χ0) is 32.0. The molecule has 3 aliphatic rings. The average molecular weight is 618 g/mol. The lowest BCUT2D eigenvalue weighted by Gasteiger charge is -2.34. The summed E-state index contributed by atoms with van der Waals surface area (Å²) >= 11 is 0. The van der Waals surface area contributed by atoms with Gasteiger partial charge in [-0.2, -0.15) is 8.78 Å². The number of carboxylic acids is 1. The molecular weight excluding hydrogens is 576 g/mol. The van der Waals surface area contributed by atoms with Crippen LogP contribution in [0.1, 0.15) is 78.3 Å². The number of esters is 1. The summed E-state index contributed by atoms with van der Waals surface area (Å²) in [7, 11) is 1.48. The van der Waals surface area contributed by atoms with Crippen molar-refractivity contribution in [2.75, 3.05) is 13.7 Å². The molecule has 1 aromatic carbocycles. The van der Waals surface area contributed by atoms with Crippen molar-refractivity contribution >= 4 is 28.9 Å². The summed E-state index contributed by atoms with van der Waals surface area (Å²) in [6.45, 7) is 7.04. The molecule has 1 N–H and O–H groups in total. The van der Waals surface area contributed by atoms with Crippen molar-refractivity contribution in [1.82, 2.24) is 14.9 Å². The molecule has 2 bridgehead atoms. The van der Waals surface area contributed by atoms with Crippen LogP contribution in [-0.2, 0) is 25.0 Å². The number of aromatic nitrogens is 2. The van der Waals surface area contributed by atoms with E-state index in [4.69, 9.17) is 14.2 Å². The molecule has 1 saturated heterocycles. The van der Waals surface area contributed by atoms with Crippen LogP contribution in [0.25, 0.3) is 11.0 Å². The van der Waals surface area contributed by atoms with Crippen molar-refractivity contribution < 1.29 is 42.5 Å². The maximum Gasteiger partial charge on any atom is 0.326 e. The molecule has 2 aliphatic heterocycles. The van der Waals surface area contributed by atoms with Crippen molar-refractivity contribution in [3.63, 3.8) is 0 Å². The number of amides is 1. The number of ether oxygens (including phenoxy) is 3. The third-order valence-electron chi connectivity index (χ3n) is 9.22. The van der Waals surface area contributed by atoms with Crippen LogP contribution in [0.2, 0.25) is 0 Å². The van der Waals surface area contributed by atoms with Gasteiger partial charge in [0.2, 0.25) is 11.8 Å². The van der Waals surface area contributed by atoms with Gasteiger partial charge in [0, 0.05) is 18.4 Å². The zero-order valence-electron chi connectivity index (χ0n) is 25.8. The molecule has 12 heteroatoms. The standard InChI is InChI=1S/C32H41F2N3O7/c1-6-19-24-16-37(26(19)30(40)41)29(39)20(31(2,3)4)15-25(38)43-23-13-17(23)9-7-8-12-32(33,34)27-28(44-24)36-22-14-18(42-5)10-11-21(22)35-27/h10-11,14,17,19-20,23-24,26H,6-9,12-13,15-16H2,1-5H3,(H,40,41)/t17-,19-,20-,23-,24+,26+/m1/s1. The highest BCUT2D eigenvalue weighted by Crippen LogP contribution is 2.44. The first-order chi connectivity index (χ1) is 20.7. The molecule has 3 heterocycles. The van der Waals surface area contributed by atoms with Crippen LogP contribution in [0.4, 0.5) is 8.78 Å². The van der Waals surface area contributed by atoms with E-state index < -0.39 is 71.2 Å². The van der Waals surface area contributed by atoms with Gasteiger partial charge in [0.05, 0.1) is 37.0 Å². The topological polar surface area (TPSA) is 128 Å². The van der Waals surface area contributed by atoms with Crippen molar-refractivity contribution in [2.24, 2.45) is 23.2 Å². The molecular formula is C32H41F2N3O7. The summed E-state index contributed by atoms with van der Waals surface area (Å²) in [6, 6.07) is 3.44. The molecule has 2 aromatic rings. The van der Waals surface area contributed by atoms with Crippen LogP contribution in [0, 0.1) is 23.2 Å². The van der Waals surface area contributed by atoms with Gasteiger partial charge in [-0.25, -0.2) is 14.8 Å². The maximum absolute atomic E-state index is 15.9. The quantitative estimate of drug-likeness (QED) is 0.453. The number of methoxy groups -OCH3 is 1. The normalized spacial score (nSPS) is 29.5. The van der Waals surface area contributed by atoms with E-state index >= 15 is 8.78 Å². The highest BCUT2D eigenvalue weighted by Gasteiger charge is 2.52. The van der Waals surface area contributed by atoms with Crippen molar-refractivity contribution in [1.29, 1.82) is 0 Å². The molecule has 44 heavy (non-hydrogen) atoms. The number of carbonyl (C=O) groups is 3. The first-order valence-corrected chi connectivity index (χ1v) is 15.4. The van der Waals surface area contributed by atoms with Gasteiger partial charge in [-0.3, -0.25) is 9.59 Å². The molecule has 0 unspecified atom stereocenters. The first kappa shape index (κ1) is 31.8. The fourth-order valence-electron chi connectivity index (χ4n) is 6.53. The number of carboxylic acid groups (broad SMARTS) is 1. The Kier molecular flexibility index (Phi) is 8.74. The van der Waals surface area contributed by atoms with E-state index in [1.165, 1.54) is 12.0 Å². The average Bonchev–Trinajstić information content (AvgIpc) is 3.58. The fourth-order valence-corrected chi connectivity index (χ4v) is 6.53. The number of hydrogen-bond acceptors (Lipinski definition) is 8. The number of alkyl halides is 2. The minimum absolute atomic E-state index is 0.0885. The van der Waals surface area contributed by atoms with E-state index in [9.17, 15) is 19.5 Å². The van der Waals surface area contributed by atoms with Gasteiger partial charge in [-0.15, -0.1) is 0 Å². The smallest absolute Gasteiger partial charge is 0.326 e. The van der Waals surface area contributed by atoms with E-state index in [1.54, 1.807) is 25.1 Å². The third-order valence-corrected chi connectivity index (χ3v) is 9.22. The van der Waals surface area contributed by atoms with Crippen molar-refractivity contribution in [3.05, 3.63) is 23.9 Å². The second-order valence-corrected chi connectivity index (χ2v) is 13.3. The maximum atomic E-state index is 15.9. The van der Waals surface area contributed by atoms with Crippen LogP contribution < -0.4 is 9.47 Å². The van der Waals surface area contributed by atoms with Gasteiger partial charge < -0.3 is 24.2 Å². The Labute approximate surface area is 255 Å². The molecule has 0 spiro atoms. The lowest BCUT2D eigenvalue weighted by molar-refractivity contribution is -0.157. The first-order valence-electron chi connectivity index (χ1n) is 15.4. The van der Waals surface area contributed by atoms with E-state index in [2.05, 4.69) is 9.97 Å². The summed E-state index contributed by atoms with van der Waals surface area (Å²) in [5.74, 6) is -7.11. The molecule has 5 rings (SSSR count). The molecule has 1 aromatic heterocycles. The molecule has 1 aliphatic carbocycles. The predicted molar refractivity (Wildman–Crippen MR) is 155 cm³/mol. The SMILES string of the molecule is CC[C@@H]1[C@@H]2CN(C(=O)[C@H](C(C)(C)C)CC(=O)O[C@@H]3C[C@H]3CCCCC(F)(F)c3nc4ccc(OC)cc4nc3O2)[C@@H]1C(=O)O. The summed E-state index contributed by atoms with van der Waals surface area (Å²) in [4.78, 5) is 49.7. The summed E-state index contributed by atoms with van der Waals surface area (Å²) in [6.07, 6.45) is 0.363. The van der Waals surface area contributed by atoms with Crippen LogP contribution in [0.15, 0.2) is 18.2 Å². The summed E-state index contributed by atoms with van der Waals surface area (Å²) in [5, 5.41) is 10.3. The number of fused-ring (bicyclic) bond motifs is 5. The fraction of sp³-hybridized carbons (Fsp3) is 0.656. The largest absolute Gasteiger partial charge is 0.497 e. The Bertz CT molecular complexity index is 1430. The zero-order valence-corrected chi connectivity index (χ0v) is 25.8. The molecule has 2 fully saturated rings. The molecule has 240 valence electrons. The lowest BCUT2D eigenvalue weighted by Crippen LogP contribution is -2.48. The second-order valence-electron chi connectivity index (χ2n) is 13.3. The lowest BCUT2D eigenvalue weighted by atomic mass is 9.77. The van der Waals surface area contributed by atoms with Gasteiger partial charge in [0.1, 0.15) is 24.0 Å². The Morgan fingerprint density at radius 1 is 1.14 bits per heavy atom. The summed E-state index contributed by atoms with van der Waals surface area (Å²) < 4.78 is 48.9. The third kappa shape index (κ3) is 6.44. The molecule has 10 nitrogen and oxygen atoms in total. The minimum Gasteiger partial charge on any atom is -0.497 e. The molecule has 6 atom stereocenters. The van der Waals surface area contributed by atoms with Gasteiger partial charge >= 0.3 is 11.9 Å². The number of carbonyl (C=O) groups excluding carboxylic acids is 2. The van der Waals surface area contributed by atoms with Gasteiger partial charge in [0.25, 0.3) is 5.92 Å². The van der Waals surface area contributed by atoms with Crippen molar-refractivity contribution in [2.45, 2.75) is 96.8 Å². The Balaban J connectivity index is 1.59. The van der Waals surface area contributed by atoms with Crippen LogP contribution in [0.5, 0.6) is 11.6 Å². The Morgan fingerprint density at radius 2 is 1.89 bits per heavy atom. The van der Waals surface area contributed by atoms with E-state index in [0.29, 0.717) is 25.0 Å². The number of nitrogens with zero attached hydrogens (tertiary/aromatic N) is 3. The molecule has 1 amide bonds. The minimum atomic E-state index is -3.39. The predicted octanol–water partition coefficient (Wildman–Crippen LogP) is 5.36. The number of aliphatic carboxylic acids is 1. The Morgan fingerprint density at radius 3 is 2.55 bits per heavy atom. The highest BCUT2D eigenvalue weighted by atomic mass is 19.3.